The van der Waals surface area contributed by atoms with Gasteiger partial charge in [0.1, 0.15) is 0 Å². The van der Waals surface area contributed by atoms with Gasteiger partial charge in [-0.15, -0.1) is 0 Å². The molecule has 0 N–H and O–H groups in total. The molecule has 0 amide bonds. The summed E-state index contributed by atoms with van der Waals surface area (Å²) in [6, 6.07) is 17.3. The first-order valence-corrected chi connectivity index (χ1v) is 8.28. The van der Waals surface area contributed by atoms with Gasteiger partial charge in [-0.25, -0.2) is 0 Å². The summed E-state index contributed by atoms with van der Waals surface area (Å²) < 4.78 is 2.00. The maximum atomic E-state index is 4.75. The third kappa shape index (κ3) is 2.11. The standard InChI is InChI=1S/C18H17BrN2/c1-21-17-9-5-4-8-15(17)16(20-21)11-13-10-12-6-2-3-7-14(12)18(13)19/h2-9,13,18H,10-11H2,1H3. The zero-order chi connectivity index (χ0) is 14.4. The predicted octanol–water partition coefficient (Wildman–Crippen LogP) is 4.42. The Balaban J connectivity index is 1.68. The molecule has 0 saturated carbocycles. The highest BCUT2D eigenvalue weighted by atomic mass is 79.9. The molecule has 1 heterocycles. The van der Waals surface area contributed by atoms with E-state index in [-0.39, 0.29) is 0 Å². The van der Waals surface area contributed by atoms with Crippen LogP contribution in [0.15, 0.2) is 48.5 Å². The number of aryl methyl sites for hydroxylation is 1. The molecule has 0 radical (unpaired) electrons. The molecule has 1 aromatic heterocycles. The molecule has 2 atom stereocenters. The summed E-state index contributed by atoms with van der Waals surface area (Å²) in [5.41, 5.74) is 5.36. The third-order valence-electron chi connectivity index (χ3n) is 4.54. The van der Waals surface area contributed by atoms with E-state index in [4.69, 9.17) is 5.10 Å². The van der Waals surface area contributed by atoms with Crippen LogP contribution in [-0.2, 0) is 19.9 Å². The molecule has 2 aromatic carbocycles. The van der Waals surface area contributed by atoms with Gasteiger partial charge in [0.25, 0.3) is 0 Å². The SMILES string of the molecule is Cn1nc(CC2Cc3ccccc3C2Br)c2ccccc21. The largest absolute Gasteiger partial charge is 0.268 e. The number of aromatic nitrogens is 2. The third-order valence-corrected chi connectivity index (χ3v) is 5.78. The van der Waals surface area contributed by atoms with Gasteiger partial charge < -0.3 is 0 Å². The Kier molecular flexibility index (Phi) is 3.11. The van der Waals surface area contributed by atoms with Gasteiger partial charge in [0.15, 0.2) is 0 Å². The highest BCUT2D eigenvalue weighted by Crippen LogP contribution is 2.43. The van der Waals surface area contributed by atoms with Gasteiger partial charge in [0.05, 0.1) is 11.2 Å². The van der Waals surface area contributed by atoms with Crippen molar-refractivity contribution < 1.29 is 0 Å². The van der Waals surface area contributed by atoms with Gasteiger partial charge in [0.2, 0.25) is 0 Å². The molecular formula is C18H17BrN2. The first-order chi connectivity index (χ1) is 10.2. The van der Waals surface area contributed by atoms with Gasteiger partial charge in [-0.1, -0.05) is 58.4 Å². The second-order valence-corrected chi connectivity index (χ2v) is 6.84. The number of para-hydroxylation sites is 1. The Bertz CT molecular complexity index is 806. The zero-order valence-corrected chi connectivity index (χ0v) is 13.5. The van der Waals surface area contributed by atoms with E-state index in [1.54, 1.807) is 0 Å². The van der Waals surface area contributed by atoms with Gasteiger partial charge in [-0.2, -0.15) is 5.10 Å². The van der Waals surface area contributed by atoms with E-state index in [2.05, 4.69) is 64.5 Å². The molecule has 21 heavy (non-hydrogen) atoms. The molecule has 1 aliphatic rings. The Morgan fingerprint density at radius 1 is 1.14 bits per heavy atom. The lowest BCUT2D eigenvalue weighted by Crippen LogP contribution is -2.07. The van der Waals surface area contributed by atoms with Gasteiger partial charge in [-0.05, 0) is 36.0 Å². The van der Waals surface area contributed by atoms with Gasteiger partial charge in [-0.3, -0.25) is 4.68 Å². The van der Waals surface area contributed by atoms with Crippen LogP contribution in [0, 0.1) is 5.92 Å². The molecular weight excluding hydrogens is 324 g/mol. The van der Waals surface area contributed by atoms with Crippen molar-refractivity contribution >= 4 is 26.8 Å². The maximum Gasteiger partial charge on any atom is 0.0706 e. The van der Waals surface area contributed by atoms with Crippen LogP contribution in [-0.4, -0.2) is 9.78 Å². The molecule has 2 nitrogen and oxygen atoms in total. The Labute approximate surface area is 132 Å². The summed E-state index contributed by atoms with van der Waals surface area (Å²) in [6.07, 6.45) is 2.16. The van der Waals surface area contributed by atoms with Crippen molar-refractivity contribution in [1.82, 2.24) is 9.78 Å². The molecule has 3 aromatic rings. The number of rotatable bonds is 2. The second kappa shape index (κ2) is 4.99. The van der Waals surface area contributed by atoms with Crippen LogP contribution in [0.2, 0.25) is 0 Å². The minimum Gasteiger partial charge on any atom is -0.268 e. The van der Waals surface area contributed by atoms with Crippen LogP contribution < -0.4 is 0 Å². The summed E-state index contributed by atoms with van der Waals surface area (Å²) in [7, 11) is 2.03. The highest BCUT2D eigenvalue weighted by Gasteiger charge is 2.31. The van der Waals surface area contributed by atoms with Crippen molar-refractivity contribution in [1.29, 1.82) is 0 Å². The smallest absolute Gasteiger partial charge is 0.0706 e. The van der Waals surface area contributed by atoms with Crippen molar-refractivity contribution in [2.45, 2.75) is 17.7 Å². The van der Waals surface area contributed by atoms with Crippen molar-refractivity contribution in [3.63, 3.8) is 0 Å². The molecule has 0 bridgehead atoms. The van der Waals surface area contributed by atoms with E-state index in [1.165, 1.54) is 27.7 Å². The number of hydrogen-bond donors (Lipinski definition) is 0. The summed E-state index contributed by atoms with van der Waals surface area (Å²) in [5.74, 6) is 0.584. The van der Waals surface area contributed by atoms with Gasteiger partial charge in [0, 0.05) is 17.3 Å². The van der Waals surface area contributed by atoms with Crippen LogP contribution in [0.4, 0.5) is 0 Å². The average molecular weight is 341 g/mol. The summed E-state index contributed by atoms with van der Waals surface area (Å²) in [6.45, 7) is 0. The van der Waals surface area contributed by atoms with Crippen molar-refractivity contribution in [3.8, 4) is 0 Å². The minimum absolute atomic E-state index is 0.439. The van der Waals surface area contributed by atoms with Crippen LogP contribution in [0.1, 0.15) is 21.6 Å². The second-order valence-electron chi connectivity index (χ2n) is 5.86. The number of nitrogens with zero attached hydrogens (tertiary/aromatic N) is 2. The molecule has 0 saturated heterocycles. The highest BCUT2D eigenvalue weighted by molar-refractivity contribution is 9.09. The van der Waals surface area contributed by atoms with Crippen LogP contribution in [0.25, 0.3) is 10.9 Å². The fraction of sp³-hybridized carbons (Fsp3) is 0.278. The summed E-state index contributed by atoms with van der Waals surface area (Å²) in [5, 5.41) is 6.03. The quantitative estimate of drug-likeness (QED) is 0.631. The fourth-order valence-corrected chi connectivity index (χ4v) is 4.31. The van der Waals surface area contributed by atoms with E-state index >= 15 is 0 Å². The number of benzene rings is 2. The molecule has 3 heteroatoms. The molecule has 0 spiro atoms. The first-order valence-electron chi connectivity index (χ1n) is 7.36. The first kappa shape index (κ1) is 13.1. The lowest BCUT2D eigenvalue weighted by Gasteiger charge is -2.13. The number of hydrogen-bond acceptors (Lipinski definition) is 1. The lowest BCUT2D eigenvalue weighted by molar-refractivity contribution is 0.544. The molecule has 106 valence electrons. The summed E-state index contributed by atoms with van der Waals surface area (Å²) in [4.78, 5) is 0.439. The predicted molar refractivity (Wildman–Crippen MR) is 89.7 cm³/mol. The normalized spacial score (nSPS) is 20.9. The Morgan fingerprint density at radius 3 is 2.76 bits per heavy atom. The van der Waals surface area contributed by atoms with Crippen LogP contribution in [0.3, 0.4) is 0 Å². The van der Waals surface area contributed by atoms with E-state index in [1.807, 2.05) is 11.7 Å². The zero-order valence-electron chi connectivity index (χ0n) is 12.0. The Hall–Kier alpha value is -1.61. The fourth-order valence-electron chi connectivity index (χ4n) is 3.49. The minimum atomic E-state index is 0.439. The van der Waals surface area contributed by atoms with Crippen molar-refractivity contribution in [3.05, 3.63) is 65.4 Å². The average Bonchev–Trinajstić information content (AvgIpc) is 2.99. The van der Waals surface area contributed by atoms with Crippen LogP contribution >= 0.6 is 15.9 Å². The number of halogens is 1. The van der Waals surface area contributed by atoms with E-state index in [0.717, 1.165) is 12.8 Å². The molecule has 0 fully saturated rings. The maximum absolute atomic E-state index is 4.75. The lowest BCUT2D eigenvalue weighted by atomic mass is 9.98. The molecule has 0 aliphatic heterocycles. The van der Waals surface area contributed by atoms with Crippen molar-refractivity contribution in [2.75, 3.05) is 0 Å². The van der Waals surface area contributed by atoms with E-state index in [9.17, 15) is 0 Å². The Morgan fingerprint density at radius 2 is 1.90 bits per heavy atom. The summed E-state index contributed by atoms with van der Waals surface area (Å²) >= 11 is 3.90. The van der Waals surface area contributed by atoms with Crippen LogP contribution in [0.5, 0.6) is 0 Å². The number of fused-ring (bicyclic) bond motifs is 2. The molecule has 1 aliphatic carbocycles. The van der Waals surface area contributed by atoms with E-state index in [0.29, 0.717) is 10.7 Å². The molecule has 4 rings (SSSR count). The van der Waals surface area contributed by atoms with Gasteiger partial charge >= 0.3 is 0 Å². The van der Waals surface area contributed by atoms with E-state index < -0.39 is 0 Å². The topological polar surface area (TPSA) is 17.8 Å². The monoisotopic (exact) mass is 340 g/mol. The number of alkyl halides is 1. The molecule has 2 unspecified atom stereocenters. The van der Waals surface area contributed by atoms with Crippen molar-refractivity contribution in [2.24, 2.45) is 13.0 Å².